The summed E-state index contributed by atoms with van der Waals surface area (Å²) < 4.78 is 6.19. The molecule has 1 aliphatic heterocycles. The van der Waals surface area contributed by atoms with Gasteiger partial charge in [-0.3, -0.25) is 0 Å². The van der Waals surface area contributed by atoms with E-state index in [-0.39, 0.29) is 0 Å². The number of nitrogens with zero attached hydrogens (tertiary/aromatic N) is 1. The number of benzene rings is 2. The van der Waals surface area contributed by atoms with Gasteiger partial charge in [0.2, 0.25) is 0 Å². The van der Waals surface area contributed by atoms with Crippen molar-refractivity contribution < 1.29 is 4.74 Å². The molecule has 0 amide bonds. The summed E-state index contributed by atoms with van der Waals surface area (Å²) in [5.41, 5.74) is 4.00. The van der Waals surface area contributed by atoms with Gasteiger partial charge in [0.05, 0.1) is 0 Å². The van der Waals surface area contributed by atoms with Gasteiger partial charge in [-0.05, 0) is 54.6 Å². The maximum absolute atomic E-state index is 6.19. The van der Waals surface area contributed by atoms with E-state index >= 15 is 0 Å². The first-order valence-electron chi connectivity index (χ1n) is 9.84. The third kappa shape index (κ3) is 5.58. The zero-order valence-corrected chi connectivity index (χ0v) is 16.4. The molecule has 0 bridgehead atoms. The van der Waals surface area contributed by atoms with Crippen LogP contribution in [0.15, 0.2) is 48.5 Å². The predicted molar refractivity (Wildman–Crippen MR) is 109 cm³/mol. The molecule has 0 atom stereocenters. The van der Waals surface area contributed by atoms with Crippen molar-refractivity contribution >= 4 is 0 Å². The Morgan fingerprint density at radius 3 is 2.38 bits per heavy atom. The van der Waals surface area contributed by atoms with Crippen LogP contribution in [0.1, 0.15) is 49.3 Å². The Hall–Kier alpha value is -1.84. The van der Waals surface area contributed by atoms with Gasteiger partial charge in [-0.25, -0.2) is 0 Å². The minimum atomic E-state index is 0.355. The highest BCUT2D eigenvalue weighted by atomic mass is 16.5. The van der Waals surface area contributed by atoms with Crippen molar-refractivity contribution in [2.24, 2.45) is 0 Å². The SMILES string of the molecule is CC(C)c1ccc(CNCc2cccc(OC3CCN(C)CC3)c2)cc1. The molecule has 0 radical (unpaired) electrons. The third-order valence-corrected chi connectivity index (χ3v) is 5.17. The molecule has 3 rings (SSSR count). The van der Waals surface area contributed by atoms with Crippen LogP contribution in [-0.2, 0) is 13.1 Å². The molecule has 1 fully saturated rings. The first-order valence-corrected chi connectivity index (χ1v) is 9.84. The van der Waals surface area contributed by atoms with Crippen molar-refractivity contribution in [3.8, 4) is 5.75 Å². The van der Waals surface area contributed by atoms with Gasteiger partial charge in [0.15, 0.2) is 0 Å². The number of hydrogen-bond donors (Lipinski definition) is 1. The van der Waals surface area contributed by atoms with Gasteiger partial charge in [-0.15, -0.1) is 0 Å². The van der Waals surface area contributed by atoms with Gasteiger partial charge in [-0.1, -0.05) is 50.2 Å². The Bertz CT molecular complexity index is 673. The molecule has 1 heterocycles. The van der Waals surface area contributed by atoms with Crippen LogP contribution in [0.25, 0.3) is 0 Å². The van der Waals surface area contributed by atoms with Crippen LogP contribution in [0.2, 0.25) is 0 Å². The number of piperidine rings is 1. The summed E-state index contributed by atoms with van der Waals surface area (Å²) in [6.45, 7) is 8.46. The van der Waals surface area contributed by atoms with E-state index in [4.69, 9.17) is 4.74 Å². The summed E-state index contributed by atoms with van der Waals surface area (Å²) in [6, 6.07) is 17.4. The molecule has 2 aromatic carbocycles. The first kappa shape index (κ1) is 18.9. The van der Waals surface area contributed by atoms with Gasteiger partial charge in [0.25, 0.3) is 0 Å². The molecule has 26 heavy (non-hydrogen) atoms. The van der Waals surface area contributed by atoms with Crippen LogP contribution >= 0.6 is 0 Å². The van der Waals surface area contributed by atoms with E-state index in [1.807, 2.05) is 0 Å². The van der Waals surface area contributed by atoms with E-state index in [2.05, 4.69) is 79.6 Å². The number of likely N-dealkylation sites (tertiary alicyclic amines) is 1. The fraction of sp³-hybridized carbons (Fsp3) is 0.478. The summed E-state index contributed by atoms with van der Waals surface area (Å²) >= 11 is 0. The molecule has 1 N–H and O–H groups in total. The van der Waals surface area contributed by atoms with Gasteiger partial charge in [0.1, 0.15) is 11.9 Å². The molecular formula is C23H32N2O. The Balaban J connectivity index is 1.47. The second-order valence-corrected chi connectivity index (χ2v) is 7.77. The zero-order valence-electron chi connectivity index (χ0n) is 16.4. The van der Waals surface area contributed by atoms with Crippen LogP contribution < -0.4 is 10.1 Å². The minimum Gasteiger partial charge on any atom is -0.490 e. The number of hydrogen-bond acceptors (Lipinski definition) is 3. The summed E-state index contributed by atoms with van der Waals surface area (Å²) in [5.74, 6) is 1.59. The van der Waals surface area contributed by atoms with E-state index in [9.17, 15) is 0 Å². The average molecular weight is 353 g/mol. The second-order valence-electron chi connectivity index (χ2n) is 7.77. The summed E-state index contributed by atoms with van der Waals surface area (Å²) in [6.07, 6.45) is 2.59. The van der Waals surface area contributed by atoms with E-state index in [0.717, 1.165) is 44.8 Å². The largest absolute Gasteiger partial charge is 0.490 e. The quantitative estimate of drug-likeness (QED) is 0.790. The van der Waals surface area contributed by atoms with Crippen LogP contribution in [-0.4, -0.2) is 31.1 Å². The summed E-state index contributed by atoms with van der Waals surface area (Å²) in [5, 5.41) is 3.54. The normalized spacial score (nSPS) is 16.2. The van der Waals surface area contributed by atoms with Gasteiger partial charge in [0, 0.05) is 26.2 Å². The lowest BCUT2D eigenvalue weighted by molar-refractivity contribution is 0.114. The molecule has 1 aliphatic rings. The maximum atomic E-state index is 6.19. The molecule has 2 aromatic rings. The molecule has 0 aromatic heterocycles. The highest BCUT2D eigenvalue weighted by Gasteiger charge is 2.17. The Morgan fingerprint density at radius 1 is 1.00 bits per heavy atom. The maximum Gasteiger partial charge on any atom is 0.120 e. The van der Waals surface area contributed by atoms with Crippen LogP contribution in [0.5, 0.6) is 5.75 Å². The van der Waals surface area contributed by atoms with E-state index in [0.29, 0.717) is 12.0 Å². The molecule has 3 nitrogen and oxygen atoms in total. The van der Waals surface area contributed by atoms with E-state index < -0.39 is 0 Å². The highest BCUT2D eigenvalue weighted by Crippen LogP contribution is 2.20. The fourth-order valence-corrected chi connectivity index (χ4v) is 3.40. The van der Waals surface area contributed by atoms with Crippen LogP contribution in [0, 0.1) is 0 Å². The van der Waals surface area contributed by atoms with Gasteiger partial charge >= 0.3 is 0 Å². The number of nitrogens with one attached hydrogen (secondary N) is 1. The highest BCUT2D eigenvalue weighted by molar-refractivity contribution is 5.29. The van der Waals surface area contributed by atoms with Crippen molar-refractivity contribution in [2.75, 3.05) is 20.1 Å². The second kappa shape index (κ2) is 9.20. The third-order valence-electron chi connectivity index (χ3n) is 5.17. The molecule has 0 unspecified atom stereocenters. The summed E-state index contributed by atoms with van der Waals surface area (Å²) in [4.78, 5) is 2.37. The lowest BCUT2D eigenvalue weighted by Crippen LogP contribution is -2.35. The van der Waals surface area contributed by atoms with Gasteiger partial charge in [-0.2, -0.15) is 0 Å². The van der Waals surface area contributed by atoms with E-state index in [1.165, 1.54) is 16.7 Å². The molecular weight excluding hydrogens is 320 g/mol. The van der Waals surface area contributed by atoms with E-state index in [1.54, 1.807) is 0 Å². The standard InChI is InChI=1S/C23H32N2O/c1-18(2)21-9-7-19(8-10-21)16-24-17-20-5-4-6-23(15-20)26-22-11-13-25(3)14-12-22/h4-10,15,18,22,24H,11-14,16-17H2,1-3H3. The predicted octanol–water partition coefficient (Wildman–Crippen LogP) is 4.57. The molecule has 1 saturated heterocycles. The topological polar surface area (TPSA) is 24.5 Å². The van der Waals surface area contributed by atoms with Crippen molar-refractivity contribution in [2.45, 2.75) is 51.8 Å². The Morgan fingerprint density at radius 2 is 1.69 bits per heavy atom. The van der Waals surface area contributed by atoms with Crippen molar-refractivity contribution in [1.82, 2.24) is 10.2 Å². The molecule has 3 heteroatoms. The van der Waals surface area contributed by atoms with Crippen molar-refractivity contribution in [3.05, 3.63) is 65.2 Å². The van der Waals surface area contributed by atoms with Crippen LogP contribution in [0.4, 0.5) is 0 Å². The molecule has 0 saturated carbocycles. The summed E-state index contributed by atoms with van der Waals surface area (Å²) in [7, 11) is 2.18. The van der Waals surface area contributed by atoms with Crippen molar-refractivity contribution in [3.63, 3.8) is 0 Å². The Kier molecular flexibility index (Phi) is 6.70. The zero-order chi connectivity index (χ0) is 18.4. The number of rotatable bonds is 7. The monoisotopic (exact) mass is 352 g/mol. The van der Waals surface area contributed by atoms with Gasteiger partial charge < -0.3 is 15.0 Å². The lowest BCUT2D eigenvalue weighted by Gasteiger charge is -2.29. The first-order chi connectivity index (χ1) is 12.6. The molecule has 0 spiro atoms. The lowest BCUT2D eigenvalue weighted by atomic mass is 10.0. The van der Waals surface area contributed by atoms with Crippen LogP contribution in [0.3, 0.4) is 0 Å². The fourth-order valence-electron chi connectivity index (χ4n) is 3.40. The minimum absolute atomic E-state index is 0.355. The molecule has 0 aliphatic carbocycles. The molecule has 140 valence electrons. The average Bonchev–Trinajstić information content (AvgIpc) is 2.64. The number of ether oxygens (including phenoxy) is 1. The Labute approximate surface area is 158 Å². The smallest absolute Gasteiger partial charge is 0.120 e. The van der Waals surface area contributed by atoms with Crippen molar-refractivity contribution in [1.29, 1.82) is 0 Å².